The van der Waals surface area contributed by atoms with E-state index in [1.807, 2.05) is 0 Å². The number of hydrogen-bond acceptors (Lipinski definition) is 4. The highest BCUT2D eigenvalue weighted by Gasteiger charge is 2.43. The quantitative estimate of drug-likeness (QED) is 0.814. The molecule has 18 heavy (non-hydrogen) atoms. The molecule has 2 aliphatic heterocycles. The monoisotopic (exact) mass is 257 g/mol. The Hall–Kier alpha value is -0.160. The van der Waals surface area contributed by atoms with Gasteiger partial charge in [-0.25, -0.2) is 0 Å². The Balaban J connectivity index is 1.94. The number of ether oxygens (including phenoxy) is 3. The molecule has 2 fully saturated rings. The number of hydrogen-bond donors (Lipinski definition) is 1. The van der Waals surface area contributed by atoms with Gasteiger partial charge < -0.3 is 19.9 Å². The van der Waals surface area contributed by atoms with Crippen LogP contribution in [0.1, 0.15) is 39.0 Å². The highest BCUT2D eigenvalue weighted by Crippen LogP contribution is 2.37. The Morgan fingerprint density at radius 3 is 2.89 bits per heavy atom. The van der Waals surface area contributed by atoms with E-state index in [1.165, 1.54) is 0 Å². The fourth-order valence-corrected chi connectivity index (χ4v) is 3.31. The lowest BCUT2D eigenvalue weighted by Crippen LogP contribution is -2.50. The molecule has 2 heterocycles. The van der Waals surface area contributed by atoms with Crippen molar-refractivity contribution in [3.63, 3.8) is 0 Å². The lowest BCUT2D eigenvalue weighted by molar-refractivity contribution is -0.108. The van der Waals surface area contributed by atoms with Gasteiger partial charge in [0.15, 0.2) is 0 Å². The minimum absolute atomic E-state index is 0.0506. The third-order valence-electron chi connectivity index (χ3n) is 4.45. The minimum Gasteiger partial charge on any atom is -0.380 e. The number of rotatable bonds is 5. The van der Waals surface area contributed by atoms with E-state index in [0.29, 0.717) is 5.92 Å². The Morgan fingerprint density at radius 1 is 1.44 bits per heavy atom. The molecule has 0 bridgehead atoms. The Bertz CT molecular complexity index is 253. The van der Waals surface area contributed by atoms with E-state index in [4.69, 9.17) is 19.9 Å². The molecule has 2 saturated heterocycles. The molecule has 2 N–H and O–H groups in total. The topological polar surface area (TPSA) is 53.7 Å². The summed E-state index contributed by atoms with van der Waals surface area (Å²) in [6.07, 6.45) is 5.42. The van der Waals surface area contributed by atoms with Gasteiger partial charge in [-0.1, -0.05) is 13.3 Å². The first-order valence-electron chi connectivity index (χ1n) is 7.21. The Kier molecular flexibility index (Phi) is 5.01. The molecule has 4 atom stereocenters. The minimum atomic E-state index is -0.0506. The maximum atomic E-state index is 6.42. The molecule has 0 amide bonds. The zero-order valence-electron chi connectivity index (χ0n) is 11.7. The maximum absolute atomic E-state index is 6.42. The molecule has 0 radical (unpaired) electrons. The van der Waals surface area contributed by atoms with Crippen LogP contribution in [-0.4, -0.2) is 44.7 Å². The van der Waals surface area contributed by atoms with Gasteiger partial charge in [0.05, 0.1) is 18.3 Å². The number of methoxy groups -OCH3 is 1. The fraction of sp³-hybridized carbons (Fsp3) is 1.00. The van der Waals surface area contributed by atoms with Crippen molar-refractivity contribution in [1.82, 2.24) is 0 Å². The predicted molar refractivity (Wildman–Crippen MR) is 70.5 cm³/mol. The molecule has 0 aromatic rings. The van der Waals surface area contributed by atoms with E-state index in [9.17, 15) is 0 Å². The molecule has 0 aliphatic carbocycles. The van der Waals surface area contributed by atoms with Crippen LogP contribution >= 0.6 is 0 Å². The van der Waals surface area contributed by atoms with Gasteiger partial charge in [0.1, 0.15) is 0 Å². The SMILES string of the molecule is CCCC(OC)C(N)C1CCOC2(CCOC2)C1. The second kappa shape index (κ2) is 6.33. The van der Waals surface area contributed by atoms with Crippen LogP contribution in [-0.2, 0) is 14.2 Å². The van der Waals surface area contributed by atoms with E-state index in [2.05, 4.69) is 6.92 Å². The van der Waals surface area contributed by atoms with Gasteiger partial charge in [-0.2, -0.15) is 0 Å². The lowest BCUT2D eigenvalue weighted by atomic mass is 9.79. The summed E-state index contributed by atoms with van der Waals surface area (Å²) < 4.78 is 17.0. The molecule has 0 aromatic carbocycles. The first kappa shape index (κ1) is 14.3. The van der Waals surface area contributed by atoms with Gasteiger partial charge in [-0.3, -0.25) is 0 Å². The molecule has 4 nitrogen and oxygen atoms in total. The third-order valence-corrected chi connectivity index (χ3v) is 4.45. The summed E-state index contributed by atoms with van der Waals surface area (Å²) in [7, 11) is 1.77. The van der Waals surface area contributed by atoms with Crippen LogP contribution in [0.3, 0.4) is 0 Å². The lowest BCUT2D eigenvalue weighted by Gasteiger charge is -2.41. The van der Waals surface area contributed by atoms with Crippen molar-refractivity contribution >= 4 is 0 Å². The smallest absolute Gasteiger partial charge is 0.0939 e. The van der Waals surface area contributed by atoms with E-state index in [-0.39, 0.29) is 17.7 Å². The summed E-state index contributed by atoms with van der Waals surface area (Å²) in [6.45, 7) is 4.55. The summed E-state index contributed by atoms with van der Waals surface area (Å²) in [5, 5.41) is 0. The average Bonchev–Trinajstić information content (AvgIpc) is 2.83. The van der Waals surface area contributed by atoms with Crippen molar-refractivity contribution in [2.45, 2.75) is 56.8 Å². The van der Waals surface area contributed by atoms with E-state index >= 15 is 0 Å². The standard InChI is InChI=1S/C14H27NO3/c1-3-4-12(16-2)13(15)11-5-7-18-14(9-11)6-8-17-10-14/h11-13H,3-10,15H2,1-2H3. The van der Waals surface area contributed by atoms with Crippen LogP contribution in [0.15, 0.2) is 0 Å². The van der Waals surface area contributed by atoms with Gasteiger partial charge in [0.2, 0.25) is 0 Å². The second-order valence-electron chi connectivity index (χ2n) is 5.73. The number of nitrogens with two attached hydrogens (primary N) is 1. The maximum Gasteiger partial charge on any atom is 0.0939 e. The third kappa shape index (κ3) is 3.05. The van der Waals surface area contributed by atoms with Gasteiger partial charge in [0, 0.05) is 32.8 Å². The van der Waals surface area contributed by atoms with Crippen LogP contribution < -0.4 is 5.73 Å². The largest absolute Gasteiger partial charge is 0.380 e. The van der Waals surface area contributed by atoms with Crippen LogP contribution in [0, 0.1) is 5.92 Å². The second-order valence-corrected chi connectivity index (χ2v) is 5.73. The van der Waals surface area contributed by atoms with Crippen molar-refractivity contribution in [2.24, 2.45) is 11.7 Å². The van der Waals surface area contributed by atoms with Gasteiger partial charge in [-0.15, -0.1) is 0 Å². The van der Waals surface area contributed by atoms with Crippen molar-refractivity contribution in [3.8, 4) is 0 Å². The normalized spacial score (nSPS) is 35.8. The molecule has 0 saturated carbocycles. The Morgan fingerprint density at radius 2 is 2.28 bits per heavy atom. The zero-order chi connectivity index (χ0) is 13.0. The van der Waals surface area contributed by atoms with E-state index in [1.54, 1.807) is 7.11 Å². The van der Waals surface area contributed by atoms with Crippen LogP contribution in [0.2, 0.25) is 0 Å². The summed E-state index contributed by atoms with van der Waals surface area (Å²) in [5.41, 5.74) is 6.37. The van der Waals surface area contributed by atoms with Crippen molar-refractivity contribution < 1.29 is 14.2 Å². The van der Waals surface area contributed by atoms with Gasteiger partial charge in [0.25, 0.3) is 0 Å². The molecule has 106 valence electrons. The fourth-order valence-electron chi connectivity index (χ4n) is 3.31. The average molecular weight is 257 g/mol. The summed E-state index contributed by atoms with van der Waals surface area (Å²) in [6, 6.07) is 0.122. The van der Waals surface area contributed by atoms with E-state index in [0.717, 1.165) is 51.9 Å². The molecular formula is C14H27NO3. The summed E-state index contributed by atoms with van der Waals surface area (Å²) >= 11 is 0. The summed E-state index contributed by atoms with van der Waals surface area (Å²) in [4.78, 5) is 0. The first-order chi connectivity index (χ1) is 8.71. The molecule has 2 rings (SSSR count). The molecule has 0 aromatic heterocycles. The van der Waals surface area contributed by atoms with Crippen molar-refractivity contribution in [3.05, 3.63) is 0 Å². The molecule has 4 unspecified atom stereocenters. The van der Waals surface area contributed by atoms with Crippen molar-refractivity contribution in [1.29, 1.82) is 0 Å². The van der Waals surface area contributed by atoms with Crippen LogP contribution in [0.5, 0.6) is 0 Å². The molecular weight excluding hydrogens is 230 g/mol. The predicted octanol–water partition coefficient (Wildman–Crippen LogP) is 1.71. The van der Waals surface area contributed by atoms with Crippen LogP contribution in [0.25, 0.3) is 0 Å². The zero-order valence-corrected chi connectivity index (χ0v) is 11.7. The highest BCUT2D eigenvalue weighted by atomic mass is 16.6. The highest BCUT2D eigenvalue weighted by molar-refractivity contribution is 4.94. The molecule has 1 spiro atoms. The Labute approximate surface area is 110 Å². The van der Waals surface area contributed by atoms with Gasteiger partial charge >= 0.3 is 0 Å². The molecule has 4 heteroatoms. The summed E-state index contributed by atoms with van der Waals surface area (Å²) in [5.74, 6) is 0.497. The van der Waals surface area contributed by atoms with Crippen molar-refractivity contribution in [2.75, 3.05) is 26.9 Å². The van der Waals surface area contributed by atoms with Crippen LogP contribution in [0.4, 0.5) is 0 Å². The van der Waals surface area contributed by atoms with E-state index < -0.39 is 0 Å². The van der Waals surface area contributed by atoms with Gasteiger partial charge in [-0.05, 0) is 25.2 Å². The molecule has 2 aliphatic rings. The first-order valence-corrected chi connectivity index (χ1v) is 7.21.